The molecule has 1 N–H and O–H groups in total. The predicted octanol–water partition coefficient (Wildman–Crippen LogP) is 0.302. The van der Waals surface area contributed by atoms with Gasteiger partial charge in [-0.05, 0) is 11.6 Å². The Morgan fingerprint density at radius 3 is 2.82 bits per heavy atom. The first-order valence-electron chi connectivity index (χ1n) is 2.89. The van der Waals surface area contributed by atoms with E-state index in [1.54, 1.807) is 12.3 Å². The van der Waals surface area contributed by atoms with Crippen molar-refractivity contribution >= 4 is 33.8 Å². The van der Waals surface area contributed by atoms with E-state index in [4.69, 9.17) is 0 Å². The van der Waals surface area contributed by atoms with Crippen LogP contribution in [0.2, 0.25) is 0 Å². The molecule has 0 unspecified atom stereocenters. The van der Waals surface area contributed by atoms with Crippen LogP contribution in [-0.4, -0.2) is 12.4 Å². The van der Waals surface area contributed by atoms with E-state index in [-0.39, 0.29) is 0 Å². The molecule has 0 fully saturated rings. The molecule has 1 aromatic rings. The molecule has 11 heavy (non-hydrogen) atoms. The molecular weight excluding hydrogens is 279 g/mol. The number of nitrogens with one attached hydrogen (secondary N) is 1. The van der Waals surface area contributed by atoms with Gasteiger partial charge in [-0.2, -0.15) is 0 Å². The summed E-state index contributed by atoms with van der Waals surface area (Å²) in [6.07, 6.45) is 3.10. The topological polar surface area (TPSA) is 51.1 Å². The lowest BCUT2D eigenvalue weighted by Crippen LogP contribution is -1.96. The Labute approximate surface area is 80.2 Å². The predicted molar refractivity (Wildman–Crippen MR) is 51.0 cm³/mol. The normalized spacial score (nSPS) is 10.7. The lowest BCUT2D eigenvalue weighted by atomic mass is 10.4. The van der Waals surface area contributed by atoms with Crippen molar-refractivity contribution in [3.63, 3.8) is 0 Å². The molecule has 0 amide bonds. The first kappa shape index (κ1) is 9.01. The zero-order chi connectivity index (χ0) is 8.27. The summed E-state index contributed by atoms with van der Waals surface area (Å²) in [6.45, 7) is 0.677. The lowest BCUT2D eigenvalue weighted by molar-refractivity contribution is 0.607. The molecule has 0 aromatic carbocycles. The van der Waals surface area contributed by atoms with E-state index in [1.807, 2.05) is 22.9 Å². The van der Waals surface area contributed by atoms with Gasteiger partial charge in [0.15, 0.2) is 0 Å². The molecule has 0 aliphatic heterocycles. The Morgan fingerprint density at radius 2 is 2.36 bits per heavy atom. The van der Waals surface area contributed by atoms with Gasteiger partial charge in [0.2, 0.25) is 10.9 Å². The fourth-order valence-corrected chi connectivity index (χ4v) is 1.57. The summed E-state index contributed by atoms with van der Waals surface area (Å²) in [6, 6.07) is 1.76. The van der Waals surface area contributed by atoms with Gasteiger partial charge in [0, 0.05) is 41.8 Å². The standard InChI is InChI=1S/C5H7IN2O2S/c6-7-3-5-1-2-8(4-5)11(9)10/h1-2,4,7,11H,3H2. The molecule has 62 valence electrons. The van der Waals surface area contributed by atoms with Crippen molar-refractivity contribution in [2.24, 2.45) is 0 Å². The summed E-state index contributed by atoms with van der Waals surface area (Å²) >= 11 is 2.01. The Balaban J connectivity index is 2.81. The van der Waals surface area contributed by atoms with Gasteiger partial charge in [0.05, 0.1) is 0 Å². The molecule has 0 radical (unpaired) electrons. The van der Waals surface area contributed by atoms with Gasteiger partial charge in [-0.15, -0.1) is 0 Å². The van der Waals surface area contributed by atoms with Crippen LogP contribution in [0.1, 0.15) is 5.56 Å². The molecule has 4 nitrogen and oxygen atoms in total. The Kier molecular flexibility index (Phi) is 3.34. The number of hydrogen-bond acceptors (Lipinski definition) is 3. The molecule has 0 saturated carbocycles. The van der Waals surface area contributed by atoms with Crippen molar-refractivity contribution in [2.45, 2.75) is 6.54 Å². The van der Waals surface area contributed by atoms with Crippen molar-refractivity contribution < 1.29 is 8.42 Å². The molecule has 1 aromatic heterocycles. The highest BCUT2D eigenvalue weighted by Gasteiger charge is 1.95. The maximum absolute atomic E-state index is 10.4. The monoisotopic (exact) mass is 286 g/mol. The van der Waals surface area contributed by atoms with Crippen LogP contribution in [0.15, 0.2) is 18.5 Å². The number of thiol groups is 1. The highest BCUT2D eigenvalue weighted by Crippen LogP contribution is 2.00. The summed E-state index contributed by atoms with van der Waals surface area (Å²) in [7, 11) is -2.50. The van der Waals surface area contributed by atoms with Crippen molar-refractivity contribution in [1.29, 1.82) is 0 Å². The zero-order valence-electron chi connectivity index (χ0n) is 5.53. The van der Waals surface area contributed by atoms with E-state index >= 15 is 0 Å². The maximum Gasteiger partial charge on any atom is 0.228 e. The van der Waals surface area contributed by atoms with E-state index in [0.29, 0.717) is 6.54 Å². The lowest BCUT2D eigenvalue weighted by Gasteiger charge is -1.89. The third-order valence-electron chi connectivity index (χ3n) is 1.20. The highest BCUT2D eigenvalue weighted by molar-refractivity contribution is 14.1. The first-order valence-corrected chi connectivity index (χ1v) is 5.10. The summed E-state index contributed by atoms with van der Waals surface area (Å²) in [5.74, 6) is 0. The van der Waals surface area contributed by atoms with Crippen LogP contribution in [0.3, 0.4) is 0 Å². The third kappa shape index (κ3) is 2.46. The molecule has 0 spiro atoms. The van der Waals surface area contributed by atoms with E-state index in [9.17, 15) is 8.42 Å². The van der Waals surface area contributed by atoms with Crippen LogP contribution in [-0.2, 0) is 17.4 Å². The number of aromatic nitrogens is 1. The summed E-state index contributed by atoms with van der Waals surface area (Å²) in [5, 5.41) is 0. The number of rotatable bonds is 3. The van der Waals surface area contributed by atoms with E-state index in [2.05, 4.69) is 3.53 Å². The van der Waals surface area contributed by atoms with Crippen molar-refractivity contribution in [3.8, 4) is 0 Å². The number of halogens is 1. The number of nitrogens with zero attached hydrogens (tertiary/aromatic N) is 1. The van der Waals surface area contributed by atoms with Gasteiger partial charge >= 0.3 is 0 Å². The van der Waals surface area contributed by atoms with Gasteiger partial charge in [-0.1, -0.05) is 0 Å². The van der Waals surface area contributed by atoms with Crippen LogP contribution >= 0.6 is 22.9 Å². The summed E-state index contributed by atoms with van der Waals surface area (Å²) in [5.41, 5.74) is 0.957. The van der Waals surface area contributed by atoms with E-state index < -0.39 is 10.9 Å². The van der Waals surface area contributed by atoms with Gasteiger partial charge in [0.25, 0.3) is 0 Å². The van der Waals surface area contributed by atoms with Gasteiger partial charge < -0.3 is 0 Å². The Bertz CT molecular complexity index is 299. The second-order valence-corrected chi connectivity index (χ2v) is 3.65. The molecular formula is C5H7IN2O2S. The molecule has 0 atom stereocenters. The minimum Gasteiger partial charge on any atom is -0.257 e. The van der Waals surface area contributed by atoms with Gasteiger partial charge in [-0.25, -0.2) is 8.42 Å². The van der Waals surface area contributed by atoms with E-state index in [0.717, 1.165) is 5.56 Å². The molecule has 0 aliphatic rings. The average molecular weight is 286 g/mol. The zero-order valence-corrected chi connectivity index (χ0v) is 8.58. The van der Waals surface area contributed by atoms with Gasteiger partial charge in [-0.3, -0.25) is 7.50 Å². The average Bonchev–Trinajstić information content (AvgIpc) is 2.37. The van der Waals surface area contributed by atoms with Crippen molar-refractivity contribution in [1.82, 2.24) is 7.50 Å². The number of hydrogen-bond donors (Lipinski definition) is 2. The van der Waals surface area contributed by atoms with E-state index in [1.165, 1.54) is 10.2 Å². The largest absolute Gasteiger partial charge is 0.257 e. The van der Waals surface area contributed by atoms with Crippen LogP contribution in [0.25, 0.3) is 0 Å². The van der Waals surface area contributed by atoms with Crippen LogP contribution in [0.5, 0.6) is 0 Å². The van der Waals surface area contributed by atoms with Gasteiger partial charge in [0.1, 0.15) is 0 Å². The fraction of sp³-hybridized carbons (Fsp3) is 0.200. The van der Waals surface area contributed by atoms with Crippen molar-refractivity contribution in [3.05, 3.63) is 24.0 Å². The van der Waals surface area contributed by atoms with Crippen molar-refractivity contribution in [2.75, 3.05) is 0 Å². The highest BCUT2D eigenvalue weighted by atomic mass is 127. The Hall–Kier alpha value is -0.0800. The molecule has 0 bridgehead atoms. The smallest absolute Gasteiger partial charge is 0.228 e. The summed E-state index contributed by atoms with van der Waals surface area (Å²) < 4.78 is 24.9. The molecule has 1 rings (SSSR count). The maximum atomic E-state index is 10.4. The van der Waals surface area contributed by atoms with Crippen LogP contribution in [0.4, 0.5) is 0 Å². The molecule has 0 saturated heterocycles. The quantitative estimate of drug-likeness (QED) is 0.477. The molecule has 6 heteroatoms. The third-order valence-corrected chi connectivity index (χ3v) is 2.21. The second-order valence-electron chi connectivity index (χ2n) is 1.95. The van der Waals surface area contributed by atoms with Crippen LogP contribution in [0, 0.1) is 0 Å². The first-order chi connectivity index (χ1) is 5.24. The minimum absolute atomic E-state index is 0.677. The Morgan fingerprint density at radius 1 is 1.64 bits per heavy atom. The SMILES string of the molecule is O=[SH](=O)n1ccc(CNI)c1. The molecule has 0 aliphatic carbocycles. The van der Waals surface area contributed by atoms with Crippen LogP contribution < -0.4 is 3.53 Å². The molecule has 1 heterocycles. The second kappa shape index (κ2) is 4.07. The fourth-order valence-electron chi connectivity index (χ4n) is 0.711. The minimum atomic E-state index is -2.50. The summed E-state index contributed by atoms with van der Waals surface area (Å²) in [4.78, 5) is 0.